The van der Waals surface area contributed by atoms with Crippen molar-refractivity contribution in [1.82, 2.24) is 29.7 Å². The molecule has 0 radical (unpaired) electrons. The van der Waals surface area contributed by atoms with Gasteiger partial charge in [-0.3, -0.25) is 14.3 Å². The topological polar surface area (TPSA) is 97.1 Å². The van der Waals surface area contributed by atoms with Crippen LogP contribution in [0.1, 0.15) is 34.4 Å². The summed E-state index contributed by atoms with van der Waals surface area (Å²) in [5, 5.41) is 14.3. The Labute approximate surface area is 200 Å². The molecule has 34 heavy (non-hydrogen) atoms. The molecule has 0 aliphatic heterocycles. The summed E-state index contributed by atoms with van der Waals surface area (Å²) < 4.78 is 3.25. The Morgan fingerprint density at radius 1 is 1.12 bits per heavy atom. The molecule has 1 amide bonds. The number of carbonyl (C=O) groups excluding carboxylic acids is 1. The number of carbonyl (C=O) groups is 1. The van der Waals surface area contributed by atoms with Crippen molar-refractivity contribution < 1.29 is 4.79 Å². The summed E-state index contributed by atoms with van der Waals surface area (Å²) in [4.78, 5) is 29.0. The van der Waals surface area contributed by atoms with Crippen molar-refractivity contribution in [2.24, 2.45) is 0 Å². The lowest BCUT2D eigenvalue weighted by atomic mass is 10.0. The number of fused-ring (bicyclic) bond motifs is 2. The standard InChI is InChI=1S/C25H23ClN6O2/c1-4-31-13-19(26)20(29-31)12-27-24(33)21-14(2)23-25(34)28-22(15(3)32(23)30-21)18-10-9-16-7-5-6-8-17(16)11-18/h5-11,13H,4,12H2,1-3H3,(H,27,33)(H,28,34). The molecule has 2 N–H and O–H groups in total. The van der Waals surface area contributed by atoms with E-state index < -0.39 is 5.91 Å². The first-order valence-corrected chi connectivity index (χ1v) is 11.4. The fourth-order valence-electron chi connectivity index (χ4n) is 4.18. The third-order valence-corrected chi connectivity index (χ3v) is 6.35. The van der Waals surface area contributed by atoms with Crippen LogP contribution in [0.4, 0.5) is 0 Å². The van der Waals surface area contributed by atoms with Gasteiger partial charge in [-0.2, -0.15) is 10.2 Å². The van der Waals surface area contributed by atoms with E-state index in [0.717, 1.165) is 22.0 Å². The number of benzene rings is 2. The van der Waals surface area contributed by atoms with Crippen LogP contribution in [0.15, 0.2) is 53.5 Å². The van der Waals surface area contributed by atoms with Crippen LogP contribution in [0.5, 0.6) is 0 Å². The molecule has 0 saturated carbocycles. The average molecular weight is 475 g/mol. The molecule has 0 atom stereocenters. The van der Waals surface area contributed by atoms with E-state index in [4.69, 9.17) is 11.6 Å². The number of rotatable bonds is 5. The Morgan fingerprint density at radius 3 is 2.62 bits per heavy atom. The fraction of sp³-hybridized carbons (Fsp3) is 0.200. The van der Waals surface area contributed by atoms with Gasteiger partial charge in [-0.15, -0.1) is 0 Å². The SMILES string of the molecule is CCn1cc(Cl)c(CNC(=O)c2nn3c(C)c(-c4ccc5ccccc5c4)[nH]c(=O)c3c2C)n1. The van der Waals surface area contributed by atoms with Crippen molar-refractivity contribution in [3.8, 4) is 11.3 Å². The molecule has 0 aliphatic carbocycles. The maximum atomic E-state index is 13.0. The monoisotopic (exact) mass is 474 g/mol. The summed E-state index contributed by atoms with van der Waals surface area (Å²) in [6.45, 7) is 6.40. The van der Waals surface area contributed by atoms with E-state index in [1.165, 1.54) is 0 Å². The van der Waals surface area contributed by atoms with Gasteiger partial charge in [-0.1, -0.05) is 48.0 Å². The fourth-order valence-corrected chi connectivity index (χ4v) is 4.40. The van der Waals surface area contributed by atoms with E-state index in [1.807, 2.05) is 56.3 Å². The summed E-state index contributed by atoms with van der Waals surface area (Å²) in [7, 11) is 0. The van der Waals surface area contributed by atoms with Crippen LogP contribution in [0, 0.1) is 13.8 Å². The van der Waals surface area contributed by atoms with E-state index in [1.54, 1.807) is 22.3 Å². The minimum atomic E-state index is -0.394. The van der Waals surface area contributed by atoms with Gasteiger partial charge in [-0.25, -0.2) is 4.52 Å². The predicted molar refractivity (Wildman–Crippen MR) is 132 cm³/mol. The van der Waals surface area contributed by atoms with Gasteiger partial charge < -0.3 is 10.3 Å². The van der Waals surface area contributed by atoms with E-state index in [-0.39, 0.29) is 17.8 Å². The minimum Gasteiger partial charge on any atom is -0.345 e. The largest absolute Gasteiger partial charge is 0.345 e. The zero-order valence-corrected chi connectivity index (χ0v) is 19.8. The number of H-pyrrole nitrogens is 1. The van der Waals surface area contributed by atoms with Gasteiger partial charge in [0.2, 0.25) is 0 Å². The van der Waals surface area contributed by atoms with Gasteiger partial charge in [0.15, 0.2) is 5.69 Å². The smallest absolute Gasteiger partial charge is 0.274 e. The highest BCUT2D eigenvalue weighted by molar-refractivity contribution is 6.31. The number of aromatic nitrogens is 5. The van der Waals surface area contributed by atoms with Crippen LogP contribution in [-0.4, -0.2) is 30.3 Å². The Balaban J connectivity index is 1.52. The molecule has 0 bridgehead atoms. The molecular weight excluding hydrogens is 452 g/mol. The third-order valence-electron chi connectivity index (χ3n) is 6.04. The van der Waals surface area contributed by atoms with E-state index in [0.29, 0.717) is 34.0 Å². The van der Waals surface area contributed by atoms with Gasteiger partial charge in [0.1, 0.15) is 11.2 Å². The quantitative estimate of drug-likeness (QED) is 0.397. The van der Waals surface area contributed by atoms with E-state index in [9.17, 15) is 9.59 Å². The molecule has 5 rings (SSSR count). The lowest BCUT2D eigenvalue weighted by Gasteiger charge is -2.09. The molecule has 2 aromatic carbocycles. The molecule has 5 aromatic rings. The van der Waals surface area contributed by atoms with Crippen molar-refractivity contribution in [2.45, 2.75) is 33.9 Å². The zero-order chi connectivity index (χ0) is 24.0. The third kappa shape index (κ3) is 3.66. The van der Waals surface area contributed by atoms with Crippen LogP contribution in [0.3, 0.4) is 0 Å². The lowest BCUT2D eigenvalue weighted by Crippen LogP contribution is -2.24. The summed E-state index contributed by atoms with van der Waals surface area (Å²) in [5.41, 5.74) is 3.59. The molecule has 0 unspecified atom stereocenters. The number of nitrogens with one attached hydrogen (secondary N) is 2. The second-order valence-electron chi connectivity index (χ2n) is 8.17. The number of halogens is 1. The highest BCUT2D eigenvalue weighted by Gasteiger charge is 2.22. The number of aromatic amines is 1. The number of hydrogen-bond acceptors (Lipinski definition) is 4. The molecule has 8 nitrogen and oxygen atoms in total. The Bertz CT molecular complexity index is 1630. The minimum absolute atomic E-state index is 0.162. The first kappa shape index (κ1) is 21.9. The van der Waals surface area contributed by atoms with Crippen LogP contribution >= 0.6 is 11.6 Å². The van der Waals surface area contributed by atoms with Gasteiger partial charge in [-0.05, 0) is 37.6 Å². The maximum Gasteiger partial charge on any atom is 0.274 e. The zero-order valence-electron chi connectivity index (χ0n) is 19.0. The van der Waals surface area contributed by atoms with E-state index >= 15 is 0 Å². The molecule has 0 aliphatic rings. The Kier molecular flexibility index (Phi) is 5.45. The highest BCUT2D eigenvalue weighted by Crippen LogP contribution is 2.26. The lowest BCUT2D eigenvalue weighted by molar-refractivity contribution is 0.0944. The van der Waals surface area contributed by atoms with Crippen LogP contribution in [0.25, 0.3) is 27.5 Å². The molecule has 0 saturated heterocycles. The van der Waals surface area contributed by atoms with Crippen molar-refractivity contribution in [2.75, 3.05) is 0 Å². The van der Waals surface area contributed by atoms with Gasteiger partial charge in [0, 0.05) is 23.9 Å². The summed E-state index contributed by atoms with van der Waals surface area (Å²) >= 11 is 6.20. The van der Waals surface area contributed by atoms with Crippen molar-refractivity contribution >= 4 is 33.8 Å². The Hall–Kier alpha value is -3.91. The second kappa shape index (κ2) is 8.46. The number of nitrogens with zero attached hydrogens (tertiary/aromatic N) is 4. The highest BCUT2D eigenvalue weighted by atomic mass is 35.5. The van der Waals surface area contributed by atoms with Crippen LogP contribution < -0.4 is 10.9 Å². The molecule has 3 heterocycles. The average Bonchev–Trinajstić information content (AvgIpc) is 3.39. The molecule has 3 aromatic heterocycles. The van der Waals surface area contributed by atoms with Gasteiger partial charge >= 0.3 is 0 Å². The summed E-state index contributed by atoms with van der Waals surface area (Å²) in [6.07, 6.45) is 1.72. The van der Waals surface area contributed by atoms with Crippen molar-refractivity contribution in [1.29, 1.82) is 0 Å². The van der Waals surface area contributed by atoms with E-state index in [2.05, 4.69) is 20.5 Å². The van der Waals surface area contributed by atoms with Crippen LogP contribution in [0.2, 0.25) is 5.02 Å². The van der Waals surface area contributed by atoms with Crippen molar-refractivity contribution in [3.05, 3.63) is 86.7 Å². The van der Waals surface area contributed by atoms with Crippen molar-refractivity contribution in [3.63, 3.8) is 0 Å². The summed E-state index contributed by atoms with van der Waals surface area (Å²) in [6, 6.07) is 14.1. The number of aryl methyl sites for hydroxylation is 3. The molecule has 0 spiro atoms. The molecule has 9 heteroatoms. The molecule has 172 valence electrons. The van der Waals surface area contributed by atoms with Gasteiger partial charge in [0.25, 0.3) is 11.5 Å². The van der Waals surface area contributed by atoms with Crippen LogP contribution in [-0.2, 0) is 13.1 Å². The summed E-state index contributed by atoms with van der Waals surface area (Å²) in [5.74, 6) is -0.394. The van der Waals surface area contributed by atoms with Gasteiger partial charge in [0.05, 0.1) is 23.0 Å². The maximum absolute atomic E-state index is 13.0. The number of hydrogen-bond donors (Lipinski definition) is 2. The molecule has 0 fully saturated rings. The first-order valence-electron chi connectivity index (χ1n) is 11.0. The number of amides is 1. The predicted octanol–water partition coefficient (Wildman–Crippen LogP) is 4.26. The first-order chi connectivity index (χ1) is 16.4. The Morgan fingerprint density at radius 2 is 1.88 bits per heavy atom. The molecular formula is C25H23ClN6O2. The normalized spacial score (nSPS) is 11.4. The second-order valence-corrected chi connectivity index (χ2v) is 8.58.